The molecule has 1 aliphatic rings. The number of ketones is 1. The monoisotopic (exact) mass is 378 g/mol. The Morgan fingerprint density at radius 2 is 1.75 bits per heavy atom. The van der Waals surface area contributed by atoms with Crippen molar-refractivity contribution in [3.63, 3.8) is 0 Å². The van der Waals surface area contributed by atoms with Gasteiger partial charge in [-0.1, -0.05) is 19.4 Å². The molecule has 1 aliphatic carbocycles. The van der Waals surface area contributed by atoms with Crippen LogP contribution in [0.2, 0.25) is 0 Å². The third-order valence-electron chi connectivity index (χ3n) is 1.82. The Morgan fingerprint density at radius 3 is 2.08 bits per heavy atom. The minimum atomic E-state index is 0. The van der Waals surface area contributed by atoms with Gasteiger partial charge in [-0.15, -0.1) is 0 Å². The van der Waals surface area contributed by atoms with Gasteiger partial charge in [0.1, 0.15) is 0 Å². The number of carbonyl (C=O) groups is 1. The molecule has 0 aromatic heterocycles. The van der Waals surface area contributed by atoms with Crippen molar-refractivity contribution in [1.82, 2.24) is 0 Å². The molecule has 0 atom stereocenters. The van der Waals surface area contributed by atoms with Crippen LogP contribution in [0.3, 0.4) is 0 Å². The normalized spacial score (nSPS) is 20.2. The van der Waals surface area contributed by atoms with Crippen LogP contribution in [-0.2, 0) is 4.79 Å². The van der Waals surface area contributed by atoms with Crippen LogP contribution in [0.25, 0.3) is 0 Å². The summed E-state index contributed by atoms with van der Waals surface area (Å²) in [6.45, 7) is 6.31. The second kappa shape index (κ2) is 5.68. The fourth-order valence-corrected chi connectivity index (χ4v) is 1.67. The first-order chi connectivity index (χ1) is 4.49. The molecule has 0 N–H and O–H groups in total. The fraction of sp³-hybridized carbons (Fsp3) is 0.667. The van der Waals surface area contributed by atoms with Crippen molar-refractivity contribution in [2.45, 2.75) is 33.6 Å². The van der Waals surface area contributed by atoms with Crippen molar-refractivity contribution in [2.24, 2.45) is 5.41 Å². The second-order valence-electron chi connectivity index (χ2n) is 3.97. The van der Waals surface area contributed by atoms with E-state index in [0.717, 1.165) is 6.42 Å². The zero-order valence-corrected chi connectivity index (χ0v) is 13.6. The van der Waals surface area contributed by atoms with Gasteiger partial charge in [-0.2, -0.15) is 0 Å². The molecule has 3 heteroatoms. The van der Waals surface area contributed by atoms with Crippen molar-refractivity contribution in [3.8, 4) is 0 Å². The maximum Gasteiger partial charge on any atom is 0.156 e. The van der Waals surface area contributed by atoms with Gasteiger partial charge in [0.2, 0.25) is 0 Å². The van der Waals surface area contributed by atoms with Crippen molar-refractivity contribution >= 4 is 53.6 Å². The van der Waals surface area contributed by atoms with Gasteiger partial charge in [0.05, 0.1) is 0 Å². The van der Waals surface area contributed by atoms with Crippen LogP contribution < -0.4 is 0 Å². The summed E-state index contributed by atoms with van der Waals surface area (Å²) in [7, 11) is 0. The quantitative estimate of drug-likeness (QED) is 0.587. The Balaban J connectivity index is 0. The molecule has 1 rings (SSSR count). The summed E-state index contributed by atoms with van der Waals surface area (Å²) in [5.41, 5.74) is 1.43. The number of carbonyl (C=O) groups excluding carboxylic acids is 1. The molecule has 0 unspecified atom stereocenters. The van der Waals surface area contributed by atoms with Gasteiger partial charge in [-0.25, -0.2) is 0 Å². The standard InChI is InChI=1S/C9H14O.2Sn/c1-7-4-8(10)6-9(2,3)5-7;;/h4H,5-6H2,1-3H3;;. The van der Waals surface area contributed by atoms with Gasteiger partial charge in [-0.05, 0) is 24.8 Å². The van der Waals surface area contributed by atoms with Crippen LogP contribution in [0.15, 0.2) is 11.6 Å². The summed E-state index contributed by atoms with van der Waals surface area (Å²) in [4.78, 5) is 11.0. The summed E-state index contributed by atoms with van der Waals surface area (Å²) in [5.74, 6) is 0.286. The maximum absolute atomic E-state index is 11.0. The van der Waals surface area contributed by atoms with Crippen LogP contribution >= 0.6 is 0 Å². The summed E-state index contributed by atoms with van der Waals surface area (Å²) in [6, 6.07) is 0. The third kappa shape index (κ3) is 4.89. The van der Waals surface area contributed by atoms with E-state index in [9.17, 15) is 4.79 Å². The molecule has 0 aliphatic heterocycles. The molecule has 0 fully saturated rings. The van der Waals surface area contributed by atoms with Gasteiger partial charge in [-0.3, -0.25) is 4.79 Å². The maximum atomic E-state index is 11.0. The van der Waals surface area contributed by atoms with Crippen LogP contribution in [0, 0.1) is 5.41 Å². The number of hydrogen-bond acceptors (Lipinski definition) is 1. The zero-order chi connectivity index (χ0) is 7.78. The summed E-state index contributed by atoms with van der Waals surface area (Å²) in [5, 5.41) is 0. The molecule has 0 bridgehead atoms. The fourth-order valence-electron chi connectivity index (χ4n) is 1.67. The van der Waals surface area contributed by atoms with Crippen LogP contribution in [-0.4, -0.2) is 53.6 Å². The van der Waals surface area contributed by atoms with Crippen molar-refractivity contribution < 1.29 is 4.79 Å². The Morgan fingerprint density at radius 1 is 1.25 bits per heavy atom. The predicted octanol–water partition coefficient (Wildman–Crippen LogP) is 1.56. The largest absolute Gasteiger partial charge is 0.295 e. The van der Waals surface area contributed by atoms with E-state index in [1.54, 1.807) is 6.08 Å². The molecule has 12 heavy (non-hydrogen) atoms. The van der Waals surface area contributed by atoms with Crippen LogP contribution in [0.5, 0.6) is 0 Å². The van der Waals surface area contributed by atoms with Gasteiger partial charge >= 0.3 is 0 Å². The third-order valence-corrected chi connectivity index (χ3v) is 1.82. The van der Waals surface area contributed by atoms with E-state index in [0.29, 0.717) is 6.42 Å². The van der Waals surface area contributed by atoms with E-state index < -0.39 is 0 Å². The molecule has 1 nitrogen and oxygen atoms in total. The number of hydrogen-bond donors (Lipinski definition) is 0. The molecule has 0 aromatic carbocycles. The predicted molar refractivity (Wildman–Crippen MR) is 53.3 cm³/mol. The molecule has 8 radical (unpaired) electrons. The molecule has 0 heterocycles. The molecule has 0 saturated carbocycles. The SMILES string of the molecule is CC1=CC(=O)CC(C)(C)C1.[Sn].[Sn]. The van der Waals surface area contributed by atoms with Gasteiger partial charge in [0.15, 0.2) is 5.78 Å². The summed E-state index contributed by atoms with van der Waals surface area (Å²) >= 11 is 0. The molecule has 64 valence electrons. The van der Waals surface area contributed by atoms with E-state index in [1.165, 1.54) is 5.57 Å². The Bertz CT molecular complexity index is 195. The molecule has 0 amide bonds. The van der Waals surface area contributed by atoms with Crippen molar-refractivity contribution in [1.29, 1.82) is 0 Å². The average molecular weight is 376 g/mol. The summed E-state index contributed by atoms with van der Waals surface area (Å²) < 4.78 is 0. The Hall–Kier alpha value is 1.01. The van der Waals surface area contributed by atoms with Gasteiger partial charge in [0.25, 0.3) is 0 Å². The first-order valence-electron chi connectivity index (χ1n) is 3.70. The first kappa shape index (κ1) is 15.5. The molecule has 0 spiro atoms. The molecular formula is C9H14OSn2. The molecule has 0 aromatic rings. The molecular weight excluding hydrogens is 362 g/mol. The van der Waals surface area contributed by atoms with E-state index in [4.69, 9.17) is 0 Å². The number of allylic oxidation sites excluding steroid dienone is 2. The Kier molecular flexibility index (Phi) is 7.32. The summed E-state index contributed by atoms with van der Waals surface area (Å²) in [6.07, 6.45) is 3.55. The topological polar surface area (TPSA) is 17.1 Å². The number of rotatable bonds is 0. The van der Waals surface area contributed by atoms with Gasteiger partial charge in [0, 0.05) is 54.2 Å². The molecule has 0 saturated heterocycles. The van der Waals surface area contributed by atoms with E-state index in [1.807, 2.05) is 6.92 Å². The van der Waals surface area contributed by atoms with E-state index in [2.05, 4.69) is 13.8 Å². The smallest absolute Gasteiger partial charge is 0.156 e. The van der Waals surface area contributed by atoms with Gasteiger partial charge < -0.3 is 0 Å². The second-order valence-corrected chi connectivity index (χ2v) is 3.97. The zero-order valence-electron chi connectivity index (χ0n) is 7.90. The van der Waals surface area contributed by atoms with Crippen molar-refractivity contribution in [3.05, 3.63) is 11.6 Å². The van der Waals surface area contributed by atoms with Crippen LogP contribution in [0.4, 0.5) is 0 Å². The van der Waals surface area contributed by atoms with Crippen molar-refractivity contribution in [2.75, 3.05) is 0 Å². The van der Waals surface area contributed by atoms with E-state index >= 15 is 0 Å². The van der Waals surface area contributed by atoms with Crippen LogP contribution in [0.1, 0.15) is 33.6 Å². The first-order valence-corrected chi connectivity index (χ1v) is 3.70. The Labute approximate surface area is 108 Å². The minimum Gasteiger partial charge on any atom is -0.295 e. The average Bonchev–Trinajstić information content (AvgIpc) is 1.54. The minimum absolute atomic E-state index is 0. The van der Waals surface area contributed by atoms with E-state index in [-0.39, 0.29) is 59.0 Å².